The highest BCUT2D eigenvalue weighted by Gasteiger charge is 2.43. The van der Waals surface area contributed by atoms with Crippen molar-refractivity contribution in [3.8, 4) is 0 Å². The molecule has 0 N–H and O–H groups in total. The average molecular weight is 1770 g/mol. The van der Waals surface area contributed by atoms with Crippen LogP contribution in [-0.4, -0.2) is 0 Å². The first-order valence-electron chi connectivity index (χ1n) is 48.8. The normalized spacial score (nSPS) is 13.9. The summed E-state index contributed by atoms with van der Waals surface area (Å²) in [6.07, 6.45) is 0. The lowest BCUT2D eigenvalue weighted by Gasteiger charge is -2.15. The van der Waals surface area contributed by atoms with E-state index in [0.29, 0.717) is 0 Å². The first-order valence-corrected chi connectivity index (χ1v) is 48.8. The Hall–Kier alpha value is -18.2. The van der Waals surface area contributed by atoms with E-state index in [2.05, 4.69) is 522 Å². The molecule has 0 fully saturated rings. The summed E-state index contributed by atoms with van der Waals surface area (Å²) in [7, 11) is 0. The quantitative estimate of drug-likeness (QED) is 0.105. The summed E-state index contributed by atoms with van der Waals surface area (Å²) in [5.41, 5.74) is 53.3. The van der Waals surface area contributed by atoms with Gasteiger partial charge >= 0.3 is 0 Å². The summed E-state index contributed by atoms with van der Waals surface area (Å²) >= 11 is 0. The average Bonchev–Trinajstić information content (AvgIpc) is 1.56. The molecule has 0 saturated carbocycles. The Bertz CT molecular complexity index is 9260. The van der Waals surface area contributed by atoms with E-state index < -0.39 is 0 Å². The molecule has 0 atom stereocenters. The van der Waals surface area contributed by atoms with Gasteiger partial charge in [0.1, 0.15) is 0 Å². The maximum Gasteiger partial charge on any atom is -0.000741 e. The summed E-state index contributed by atoms with van der Waals surface area (Å²) in [6, 6.07) is 191. The maximum absolute atomic E-state index is 2.41. The zero-order valence-electron chi connectivity index (χ0n) is 76.7. The van der Waals surface area contributed by atoms with E-state index in [1.165, 1.54) is 298 Å². The third kappa shape index (κ3) is 12.6. The first-order chi connectivity index (χ1) is 69.6. The molecule has 8 aliphatic carbocycles. The fraction of sp³-hybridized carbons (Fsp3) is 0. The van der Waals surface area contributed by atoms with Crippen molar-refractivity contribution >= 4 is 165 Å². The minimum Gasteiger partial charge on any atom is -0.0622 e. The summed E-state index contributed by atoms with van der Waals surface area (Å²) in [5, 5.41) is 18.1. The molecular weight excluding hydrogens is 1680 g/mol. The molecule has 140 heavy (non-hydrogen) atoms. The number of rotatable bonds is 8. The topological polar surface area (TPSA) is 0 Å². The fourth-order valence-electron chi connectivity index (χ4n) is 24.3. The Morgan fingerprint density at radius 3 is 0.593 bits per heavy atom. The van der Waals surface area contributed by atoms with Crippen LogP contribution in [0.4, 0.5) is 0 Å². The molecule has 0 amide bonds. The van der Waals surface area contributed by atoms with Gasteiger partial charge < -0.3 is 0 Å². The third-order valence-corrected chi connectivity index (χ3v) is 30.1. The molecule has 8 aliphatic rings. The largest absolute Gasteiger partial charge is 0.0622 e. The van der Waals surface area contributed by atoms with Crippen molar-refractivity contribution in [3.63, 3.8) is 0 Å². The molecule has 0 unspecified atom stereocenters. The smallest absolute Gasteiger partial charge is 0.000741 e. The van der Waals surface area contributed by atoms with E-state index in [4.69, 9.17) is 0 Å². The van der Waals surface area contributed by atoms with Crippen LogP contribution >= 0.6 is 0 Å². The lowest BCUT2D eigenvalue weighted by Crippen LogP contribution is -1.93. The summed E-state index contributed by atoms with van der Waals surface area (Å²) < 4.78 is 0. The number of allylic oxidation sites excluding steroid dienone is 8. The van der Waals surface area contributed by atoms with Gasteiger partial charge in [0.2, 0.25) is 0 Å². The fourth-order valence-corrected chi connectivity index (χ4v) is 24.3. The van der Waals surface area contributed by atoms with Crippen LogP contribution in [0.2, 0.25) is 0 Å². The minimum absolute atomic E-state index is 1.27. The Morgan fingerprint density at radius 2 is 0.271 bits per heavy atom. The molecule has 23 aromatic rings. The number of fused-ring (bicyclic) bond motifs is 28. The number of benzene rings is 23. The molecule has 646 valence electrons. The van der Waals surface area contributed by atoms with Gasteiger partial charge in [-0.05, 0) is 334 Å². The maximum atomic E-state index is 2.41. The highest BCUT2D eigenvalue weighted by molar-refractivity contribution is 6.41. The van der Waals surface area contributed by atoms with Crippen LogP contribution in [0.15, 0.2) is 522 Å². The van der Waals surface area contributed by atoms with Gasteiger partial charge in [-0.1, -0.05) is 485 Å². The predicted octanol–water partition coefficient (Wildman–Crippen LogP) is 35.8. The van der Waals surface area contributed by atoms with Crippen molar-refractivity contribution in [2.24, 2.45) is 0 Å². The third-order valence-electron chi connectivity index (χ3n) is 30.1. The molecular formula is C140H86. The summed E-state index contributed by atoms with van der Waals surface area (Å²) in [5.74, 6) is 0. The van der Waals surface area contributed by atoms with Gasteiger partial charge in [0.15, 0.2) is 0 Å². The second-order valence-electron chi connectivity index (χ2n) is 37.5. The van der Waals surface area contributed by atoms with E-state index in [1.807, 2.05) is 0 Å². The van der Waals surface area contributed by atoms with Crippen LogP contribution in [0.1, 0.15) is 134 Å². The standard InChI is InChI=1S/3C36H22.C32H20/c2*1-2-11-23(12-3-1)33-27-16-6-8-18-29(27)36-34(28-17-7-9-19-30(28)35(33)36)31-20-10-15-26-21-24-13-4-5-14-25(24)22-32(26)31;1-2-12-23(13-3-1)33-28-18-8-10-20-30(28)36-34(29-19-9-11-21-31(29)35(33)36)32-22-24-14-4-5-15-25(24)26-16-6-7-17-27(26)32;1-2-11-22(12-3-1)29-25-14-6-8-16-27(25)32-30(26-15-7-9-17-28(26)31(29)32)24-19-18-21-10-4-5-13-23(21)20-24/h3*1-22H;1-20H. The predicted molar refractivity (Wildman–Crippen MR) is 593 cm³/mol. The second kappa shape index (κ2) is 32.8. The zero-order valence-corrected chi connectivity index (χ0v) is 76.7. The van der Waals surface area contributed by atoms with Gasteiger partial charge in [0.25, 0.3) is 0 Å². The Labute approximate surface area is 813 Å². The van der Waals surface area contributed by atoms with Crippen molar-refractivity contribution in [2.45, 2.75) is 0 Å². The monoisotopic (exact) mass is 1770 g/mol. The van der Waals surface area contributed by atoms with Crippen LogP contribution in [0.5, 0.6) is 0 Å². The van der Waals surface area contributed by atoms with Crippen molar-refractivity contribution in [1.82, 2.24) is 0 Å². The highest BCUT2D eigenvalue weighted by atomic mass is 14.5. The van der Waals surface area contributed by atoms with Crippen LogP contribution in [0.3, 0.4) is 0 Å². The molecule has 0 saturated heterocycles. The van der Waals surface area contributed by atoms with Gasteiger partial charge in [-0.25, -0.2) is 0 Å². The molecule has 0 bridgehead atoms. The van der Waals surface area contributed by atoms with Crippen LogP contribution < -0.4 is 0 Å². The van der Waals surface area contributed by atoms with Crippen LogP contribution in [-0.2, 0) is 0 Å². The minimum atomic E-state index is 1.27. The van der Waals surface area contributed by atoms with Gasteiger partial charge in [0.05, 0.1) is 0 Å². The van der Waals surface area contributed by atoms with Crippen molar-refractivity contribution in [3.05, 3.63) is 655 Å². The van der Waals surface area contributed by atoms with Gasteiger partial charge in [0, 0.05) is 0 Å². The van der Waals surface area contributed by atoms with E-state index in [-0.39, 0.29) is 0 Å². The molecule has 0 spiro atoms. The van der Waals surface area contributed by atoms with Crippen molar-refractivity contribution < 1.29 is 0 Å². The van der Waals surface area contributed by atoms with Crippen LogP contribution in [0.25, 0.3) is 165 Å². The van der Waals surface area contributed by atoms with E-state index in [1.54, 1.807) is 0 Å². The van der Waals surface area contributed by atoms with Gasteiger partial charge in [-0.3, -0.25) is 0 Å². The molecule has 0 aliphatic heterocycles. The molecule has 0 radical (unpaired) electrons. The molecule has 0 aromatic heterocycles. The number of hydrogen-bond acceptors (Lipinski definition) is 0. The van der Waals surface area contributed by atoms with E-state index in [9.17, 15) is 0 Å². The van der Waals surface area contributed by atoms with Crippen molar-refractivity contribution in [1.29, 1.82) is 0 Å². The van der Waals surface area contributed by atoms with E-state index in [0.717, 1.165) is 0 Å². The SMILES string of the molecule is c1ccc(C2=C3C(=C(c4cc5ccccc5c5ccccc45)c4ccccc43)c3ccccc32)cc1.c1ccc(C2=C3C(=C(c4ccc5ccccc5c4)c4ccccc43)c3ccccc32)cc1.c1ccc(C2=C3C(=C(c4cccc5cc6ccccc6cc45)c4ccccc43)c3ccccc32)cc1.c1ccc(C2=C3C(=C(c4cccc5cc6ccccc6cc45)c4ccccc43)c3ccccc32)cc1. The van der Waals surface area contributed by atoms with Gasteiger partial charge in [-0.15, -0.1) is 0 Å². The van der Waals surface area contributed by atoms with Gasteiger partial charge in [-0.2, -0.15) is 0 Å². The molecule has 0 nitrogen and oxygen atoms in total. The Balaban J connectivity index is 0.0000000917. The van der Waals surface area contributed by atoms with E-state index >= 15 is 0 Å². The molecule has 0 heteroatoms. The summed E-state index contributed by atoms with van der Waals surface area (Å²) in [4.78, 5) is 0. The lowest BCUT2D eigenvalue weighted by atomic mass is 9.88. The van der Waals surface area contributed by atoms with Crippen molar-refractivity contribution in [2.75, 3.05) is 0 Å². The number of hydrogen-bond donors (Lipinski definition) is 0. The highest BCUT2D eigenvalue weighted by Crippen LogP contribution is 2.65. The Kier molecular flexibility index (Phi) is 18.8. The van der Waals surface area contributed by atoms with Crippen LogP contribution in [0, 0.1) is 0 Å². The zero-order chi connectivity index (χ0) is 92.0. The Morgan fingerprint density at radius 1 is 0.0714 bits per heavy atom. The lowest BCUT2D eigenvalue weighted by molar-refractivity contribution is 1.53. The molecule has 31 rings (SSSR count). The second-order valence-corrected chi connectivity index (χ2v) is 37.5. The first kappa shape index (κ1) is 80.3. The summed E-state index contributed by atoms with van der Waals surface area (Å²) in [6.45, 7) is 0. The molecule has 0 heterocycles. The molecule has 23 aromatic carbocycles.